The first-order chi connectivity index (χ1) is 8.28. The van der Waals surface area contributed by atoms with Gasteiger partial charge in [0.1, 0.15) is 5.75 Å². The number of rotatable bonds is 1. The zero-order chi connectivity index (χ0) is 11.9. The second-order valence-corrected chi connectivity index (χ2v) is 4.54. The molecule has 1 spiro atoms. The van der Waals surface area contributed by atoms with Crippen LogP contribution in [-0.2, 0) is 5.54 Å². The average Bonchev–Trinajstić information content (AvgIpc) is 2.67. The van der Waals surface area contributed by atoms with Gasteiger partial charge in [-0.15, -0.1) is 0 Å². The fourth-order valence-electron chi connectivity index (χ4n) is 2.95. The number of para-hydroxylation sites is 1. The molecule has 17 heavy (non-hydrogen) atoms. The molecule has 0 saturated heterocycles. The van der Waals surface area contributed by atoms with E-state index in [1.165, 1.54) is 5.56 Å². The van der Waals surface area contributed by atoms with Gasteiger partial charge in [-0.2, -0.15) is 0 Å². The van der Waals surface area contributed by atoms with E-state index in [0.29, 0.717) is 5.96 Å². The Hall–Kier alpha value is -1.71. The van der Waals surface area contributed by atoms with Gasteiger partial charge >= 0.3 is 0 Å². The van der Waals surface area contributed by atoms with Crippen molar-refractivity contribution < 1.29 is 4.74 Å². The third-order valence-electron chi connectivity index (χ3n) is 3.77. The van der Waals surface area contributed by atoms with Crippen molar-refractivity contribution in [2.45, 2.75) is 18.9 Å². The summed E-state index contributed by atoms with van der Waals surface area (Å²) in [6, 6.07) is 8.22. The molecular formula is C13H17N3O. The molecule has 2 aliphatic rings. The van der Waals surface area contributed by atoms with Crippen LogP contribution >= 0.6 is 0 Å². The summed E-state index contributed by atoms with van der Waals surface area (Å²) >= 11 is 0. The van der Waals surface area contributed by atoms with Crippen LogP contribution < -0.4 is 10.5 Å². The molecule has 0 amide bonds. The maximum atomic E-state index is 5.99. The summed E-state index contributed by atoms with van der Waals surface area (Å²) in [5, 5.41) is 0. The lowest BCUT2D eigenvalue weighted by Gasteiger charge is -2.42. The molecule has 1 unspecified atom stereocenters. The highest BCUT2D eigenvalue weighted by Crippen LogP contribution is 2.43. The molecule has 1 aromatic carbocycles. The molecule has 1 atom stereocenters. The van der Waals surface area contributed by atoms with Gasteiger partial charge in [0.05, 0.1) is 18.7 Å². The number of ether oxygens (including phenoxy) is 1. The molecular weight excluding hydrogens is 214 g/mol. The van der Waals surface area contributed by atoms with Crippen LogP contribution in [0.4, 0.5) is 0 Å². The molecule has 1 aromatic rings. The van der Waals surface area contributed by atoms with Crippen LogP contribution in [0.3, 0.4) is 0 Å². The Kier molecular flexibility index (Phi) is 2.24. The summed E-state index contributed by atoms with van der Waals surface area (Å²) in [6.45, 7) is 4.47. The predicted octanol–water partition coefficient (Wildman–Crippen LogP) is 1.31. The third kappa shape index (κ3) is 1.33. The van der Waals surface area contributed by atoms with Gasteiger partial charge in [0, 0.05) is 18.5 Å². The van der Waals surface area contributed by atoms with Gasteiger partial charge in [-0.3, -0.25) is 4.99 Å². The standard InChI is InChI=1S/C13H17N3O/c1-2-16-12(14)15-9-13(16)7-8-17-11-6-4-3-5-10(11)13/h3-6H,2,7-9H2,1H3,(H2,14,15). The van der Waals surface area contributed by atoms with Crippen LogP contribution in [0.25, 0.3) is 0 Å². The zero-order valence-electron chi connectivity index (χ0n) is 10.0. The van der Waals surface area contributed by atoms with E-state index >= 15 is 0 Å². The second-order valence-electron chi connectivity index (χ2n) is 4.54. The van der Waals surface area contributed by atoms with Crippen LogP contribution in [0.2, 0.25) is 0 Å². The Morgan fingerprint density at radius 1 is 1.47 bits per heavy atom. The number of fused-ring (bicyclic) bond motifs is 2. The van der Waals surface area contributed by atoms with E-state index in [1.807, 2.05) is 12.1 Å². The van der Waals surface area contributed by atoms with Gasteiger partial charge in [0.25, 0.3) is 0 Å². The van der Waals surface area contributed by atoms with Gasteiger partial charge in [0.15, 0.2) is 5.96 Å². The molecule has 2 aliphatic heterocycles. The minimum absolute atomic E-state index is 0.0757. The lowest BCUT2D eigenvalue weighted by molar-refractivity contribution is 0.126. The molecule has 3 rings (SSSR count). The van der Waals surface area contributed by atoms with Crippen molar-refractivity contribution in [2.75, 3.05) is 19.7 Å². The quantitative estimate of drug-likeness (QED) is 0.793. The first kappa shape index (κ1) is 10.4. The van der Waals surface area contributed by atoms with Crippen LogP contribution in [0.5, 0.6) is 5.75 Å². The number of nitrogens with two attached hydrogens (primary N) is 1. The van der Waals surface area contributed by atoms with Crippen molar-refractivity contribution in [1.29, 1.82) is 0 Å². The number of hydrogen-bond acceptors (Lipinski definition) is 4. The van der Waals surface area contributed by atoms with Crippen molar-refractivity contribution >= 4 is 5.96 Å². The minimum atomic E-state index is -0.0757. The number of nitrogens with zero attached hydrogens (tertiary/aromatic N) is 2. The Balaban J connectivity index is 2.11. The number of hydrogen-bond donors (Lipinski definition) is 1. The highest BCUT2D eigenvalue weighted by atomic mass is 16.5. The minimum Gasteiger partial charge on any atom is -0.493 e. The van der Waals surface area contributed by atoms with Crippen molar-refractivity contribution in [3.05, 3.63) is 29.8 Å². The van der Waals surface area contributed by atoms with Crippen molar-refractivity contribution in [3.63, 3.8) is 0 Å². The highest BCUT2D eigenvalue weighted by molar-refractivity contribution is 5.81. The Morgan fingerprint density at radius 3 is 3.12 bits per heavy atom. The lowest BCUT2D eigenvalue weighted by Crippen LogP contribution is -2.51. The van der Waals surface area contributed by atoms with Gasteiger partial charge < -0.3 is 15.4 Å². The summed E-state index contributed by atoms with van der Waals surface area (Å²) in [5.74, 6) is 1.63. The first-order valence-corrected chi connectivity index (χ1v) is 6.08. The number of guanidine groups is 1. The molecule has 90 valence electrons. The number of aliphatic imine (C=N–C) groups is 1. The van der Waals surface area contributed by atoms with E-state index in [-0.39, 0.29) is 5.54 Å². The largest absolute Gasteiger partial charge is 0.493 e. The van der Waals surface area contributed by atoms with E-state index in [1.54, 1.807) is 0 Å². The second kappa shape index (κ2) is 3.65. The Labute approximate surface area is 101 Å². The van der Waals surface area contributed by atoms with Crippen LogP contribution in [0, 0.1) is 0 Å². The van der Waals surface area contributed by atoms with Crippen LogP contribution in [0.1, 0.15) is 18.9 Å². The smallest absolute Gasteiger partial charge is 0.192 e. The molecule has 0 fully saturated rings. The molecule has 4 heteroatoms. The van der Waals surface area contributed by atoms with E-state index in [0.717, 1.165) is 31.9 Å². The maximum absolute atomic E-state index is 5.99. The maximum Gasteiger partial charge on any atom is 0.192 e. The summed E-state index contributed by atoms with van der Waals surface area (Å²) < 4.78 is 5.72. The highest BCUT2D eigenvalue weighted by Gasteiger charge is 2.46. The fraction of sp³-hybridized carbons (Fsp3) is 0.462. The lowest BCUT2D eigenvalue weighted by atomic mass is 9.83. The molecule has 0 aliphatic carbocycles. The number of likely N-dealkylation sites (N-methyl/N-ethyl adjacent to an activating group) is 1. The molecule has 0 saturated carbocycles. The van der Waals surface area contributed by atoms with Crippen LogP contribution in [0.15, 0.2) is 29.3 Å². The Bertz CT molecular complexity index is 471. The fourth-order valence-corrected chi connectivity index (χ4v) is 2.95. The van der Waals surface area contributed by atoms with Gasteiger partial charge in [-0.05, 0) is 13.0 Å². The van der Waals surface area contributed by atoms with Crippen molar-refractivity contribution in [1.82, 2.24) is 4.90 Å². The zero-order valence-corrected chi connectivity index (χ0v) is 10.0. The molecule has 4 nitrogen and oxygen atoms in total. The third-order valence-corrected chi connectivity index (χ3v) is 3.77. The average molecular weight is 231 g/mol. The van der Waals surface area contributed by atoms with E-state index in [4.69, 9.17) is 10.5 Å². The Morgan fingerprint density at radius 2 is 2.29 bits per heavy atom. The molecule has 2 heterocycles. The first-order valence-electron chi connectivity index (χ1n) is 6.08. The van der Waals surface area contributed by atoms with Gasteiger partial charge in [-0.25, -0.2) is 0 Å². The molecule has 0 aromatic heterocycles. The number of benzene rings is 1. The SMILES string of the molecule is CCN1C(N)=NCC12CCOc1ccccc12. The molecule has 0 bridgehead atoms. The summed E-state index contributed by atoms with van der Waals surface area (Å²) in [6.07, 6.45) is 0.946. The summed E-state index contributed by atoms with van der Waals surface area (Å²) in [7, 11) is 0. The molecule has 0 radical (unpaired) electrons. The summed E-state index contributed by atoms with van der Waals surface area (Å²) in [4.78, 5) is 6.63. The van der Waals surface area contributed by atoms with E-state index < -0.39 is 0 Å². The predicted molar refractivity (Wildman–Crippen MR) is 67.1 cm³/mol. The molecule has 2 N–H and O–H groups in total. The summed E-state index contributed by atoms with van der Waals surface area (Å²) in [5.41, 5.74) is 7.13. The van der Waals surface area contributed by atoms with Gasteiger partial charge in [-0.1, -0.05) is 18.2 Å². The van der Waals surface area contributed by atoms with Crippen molar-refractivity contribution in [3.8, 4) is 5.75 Å². The van der Waals surface area contributed by atoms with Crippen molar-refractivity contribution in [2.24, 2.45) is 10.7 Å². The topological polar surface area (TPSA) is 50.8 Å². The monoisotopic (exact) mass is 231 g/mol. The normalized spacial score (nSPS) is 26.6. The van der Waals surface area contributed by atoms with Gasteiger partial charge in [0.2, 0.25) is 0 Å². The van der Waals surface area contributed by atoms with E-state index in [2.05, 4.69) is 28.9 Å². The van der Waals surface area contributed by atoms with Crippen LogP contribution in [-0.4, -0.2) is 30.6 Å². The van der Waals surface area contributed by atoms with E-state index in [9.17, 15) is 0 Å².